The van der Waals surface area contributed by atoms with Crippen LogP contribution < -0.4 is 5.73 Å². The lowest BCUT2D eigenvalue weighted by atomic mass is 10.1. The second-order valence-electron chi connectivity index (χ2n) is 5.16. The van der Waals surface area contributed by atoms with Crippen LogP contribution in [0.1, 0.15) is 31.3 Å². The fourth-order valence-electron chi connectivity index (χ4n) is 1.90. The van der Waals surface area contributed by atoms with Gasteiger partial charge in [-0.05, 0) is 11.5 Å². The van der Waals surface area contributed by atoms with Crippen LogP contribution in [0.4, 0.5) is 0 Å². The molecule has 1 atom stereocenters. The van der Waals surface area contributed by atoms with Gasteiger partial charge in [0.1, 0.15) is 0 Å². The van der Waals surface area contributed by atoms with Crippen LogP contribution in [0.2, 0.25) is 0 Å². The lowest BCUT2D eigenvalue weighted by Crippen LogP contribution is -2.20. The van der Waals surface area contributed by atoms with Crippen LogP contribution in [0.15, 0.2) is 34.7 Å². The number of hydrogen-bond donors (Lipinski definition) is 1. The molecule has 0 saturated heterocycles. The molecule has 0 fully saturated rings. The molecular formula is C14H17N5S2. The maximum Gasteiger partial charge on any atom is 0.235 e. The number of fused-ring (bicyclic) bond motifs is 1. The zero-order valence-electron chi connectivity index (χ0n) is 11.9. The van der Waals surface area contributed by atoms with Crippen molar-refractivity contribution in [2.75, 3.05) is 0 Å². The smallest absolute Gasteiger partial charge is 0.235 e. The Hall–Kier alpha value is -1.44. The first-order chi connectivity index (χ1) is 10.1. The van der Waals surface area contributed by atoms with Gasteiger partial charge in [0, 0.05) is 5.75 Å². The lowest BCUT2D eigenvalue weighted by molar-refractivity contribution is 0.479. The van der Waals surface area contributed by atoms with Gasteiger partial charge in [-0.2, -0.15) is 4.52 Å². The molecule has 1 aromatic carbocycles. The number of hydrogen-bond acceptors (Lipinski definition) is 6. The maximum atomic E-state index is 6.16. The Kier molecular flexibility index (Phi) is 4.23. The number of nitrogens with two attached hydrogens (primary N) is 1. The van der Waals surface area contributed by atoms with Gasteiger partial charge in [0.05, 0.1) is 6.04 Å². The topological polar surface area (TPSA) is 69.1 Å². The highest BCUT2D eigenvalue weighted by molar-refractivity contribution is 8.00. The fourth-order valence-corrected chi connectivity index (χ4v) is 3.74. The third-order valence-corrected chi connectivity index (χ3v) is 5.32. The molecule has 3 rings (SSSR count). The first-order valence-electron chi connectivity index (χ1n) is 6.79. The van der Waals surface area contributed by atoms with Crippen molar-refractivity contribution in [3.8, 4) is 0 Å². The SMILES string of the molecule is CC(C)C(N)c1nnc2sc(SCc3ccccc3)nn12. The summed E-state index contributed by atoms with van der Waals surface area (Å²) in [6.45, 7) is 4.15. The van der Waals surface area contributed by atoms with Gasteiger partial charge >= 0.3 is 0 Å². The molecule has 0 bridgehead atoms. The number of thioether (sulfide) groups is 1. The zero-order valence-corrected chi connectivity index (χ0v) is 13.6. The number of nitrogens with zero attached hydrogens (tertiary/aromatic N) is 4. The Morgan fingerprint density at radius 1 is 1.24 bits per heavy atom. The predicted octanol–water partition coefficient (Wildman–Crippen LogP) is 3.13. The average molecular weight is 319 g/mol. The van der Waals surface area contributed by atoms with E-state index in [0.717, 1.165) is 20.9 Å². The van der Waals surface area contributed by atoms with E-state index in [1.165, 1.54) is 5.56 Å². The monoisotopic (exact) mass is 319 g/mol. The summed E-state index contributed by atoms with van der Waals surface area (Å²) in [5, 5.41) is 12.9. The van der Waals surface area contributed by atoms with Crippen LogP contribution in [-0.4, -0.2) is 19.8 Å². The van der Waals surface area contributed by atoms with Crippen molar-refractivity contribution in [1.29, 1.82) is 0 Å². The average Bonchev–Trinajstić information content (AvgIpc) is 3.05. The zero-order chi connectivity index (χ0) is 14.8. The summed E-state index contributed by atoms with van der Waals surface area (Å²) in [5.74, 6) is 1.94. The second-order valence-corrected chi connectivity index (χ2v) is 7.34. The van der Waals surface area contributed by atoms with Crippen LogP contribution in [-0.2, 0) is 5.75 Å². The minimum atomic E-state index is -0.144. The summed E-state index contributed by atoms with van der Waals surface area (Å²) >= 11 is 3.26. The number of aromatic nitrogens is 4. The molecule has 0 spiro atoms. The standard InChI is InChI=1S/C14H17N5S2/c1-9(2)11(15)12-16-17-13-19(12)18-14(21-13)20-8-10-6-4-3-5-7-10/h3-7,9,11H,8,15H2,1-2H3. The van der Waals surface area contributed by atoms with Gasteiger partial charge in [-0.1, -0.05) is 67.3 Å². The number of rotatable bonds is 5. The Morgan fingerprint density at radius 3 is 2.71 bits per heavy atom. The third kappa shape index (κ3) is 3.09. The van der Waals surface area contributed by atoms with Crippen molar-refractivity contribution >= 4 is 28.1 Å². The summed E-state index contributed by atoms with van der Waals surface area (Å²) < 4.78 is 2.77. The molecule has 21 heavy (non-hydrogen) atoms. The van der Waals surface area contributed by atoms with E-state index in [4.69, 9.17) is 5.73 Å². The molecule has 2 aromatic heterocycles. The highest BCUT2D eigenvalue weighted by atomic mass is 32.2. The molecule has 2 heterocycles. The summed E-state index contributed by atoms with van der Waals surface area (Å²) in [4.78, 5) is 0.802. The first kappa shape index (κ1) is 14.5. The van der Waals surface area contributed by atoms with Gasteiger partial charge in [-0.3, -0.25) is 0 Å². The van der Waals surface area contributed by atoms with E-state index < -0.39 is 0 Å². The van der Waals surface area contributed by atoms with Gasteiger partial charge in [0.25, 0.3) is 0 Å². The molecule has 2 N–H and O–H groups in total. The van der Waals surface area contributed by atoms with Gasteiger partial charge in [0.2, 0.25) is 4.96 Å². The highest BCUT2D eigenvalue weighted by Gasteiger charge is 2.20. The molecule has 1 unspecified atom stereocenters. The molecule has 0 saturated carbocycles. The third-order valence-electron chi connectivity index (χ3n) is 3.22. The van der Waals surface area contributed by atoms with Gasteiger partial charge in [-0.25, -0.2) is 0 Å². The molecule has 3 aromatic rings. The van der Waals surface area contributed by atoms with Crippen LogP contribution >= 0.6 is 23.1 Å². The van der Waals surface area contributed by atoms with Crippen LogP contribution in [0.5, 0.6) is 0 Å². The van der Waals surface area contributed by atoms with E-state index in [-0.39, 0.29) is 6.04 Å². The first-order valence-corrected chi connectivity index (χ1v) is 8.60. The maximum absolute atomic E-state index is 6.16. The van der Waals surface area contributed by atoms with E-state index in [9.17, 15) is 0 Å². The Labute approximate surface area is 131 Å². The second kappa shape index (κ2) is 6.13. The predicted molar refractivity (Wildman–Crippen MR) is 86.4 cm³/mol. The van der Waals surface area contributed by atoms with Crippen molar-refractivity contribution in [2.45, 2.75) is 30.0 Å². The molecule has 0 aliphatic carbocycles. The van der Waals surface area contributed by atoms with Crippen molar-refractivity contribution in [3.63, 3.8) is 0 Å². The van der Waals surface area contributed by atoms with E-state index in [2.05, 4.69) is 41.3 Å². The van der Waals surface area contributed by atoms with Crippen molar-refractivity contribution in [3.05, 3.63) is 41.7 Å². The Morgan fingerprint density at radius 2 is 2.00 bits per heavy atom. The summed E-state index contributed by atoms with van der Waals surface area (Å²) in [6.07, 6.45) is 0. The lowest BCUT2D eigenvalue weighted by Gasteiger charge is -2.11. The molecule has 0 radical (unpaired) electrons. The molecule has 5 nitrogen and oxygen atoms in total. The summed E-state index contributed by atoms with van der Waals surface area (Å²) in [5.41, 5.74) is 7.44. The van der Waals surface area contributed by atoms with E-state index in [1.54, 1.807) is 27.6 Å². The molecular weight excluding hydrogens is 302 g/mol. The van der Waals surface area contributed by atoms with Crippen molar-refractivity contribution in [1.82, 2.24) is 19.8 Å². The number of benzene rings is 1. The summed E-state index contributed by atoms with van der Waals surface area (Å²) in [7, 11) is 0. The van der Waals surface area contributed by atoms with Crippen LogP contribution in [0.3, 0.4) is 0 Å². The fraction of sp³-hybridized carbons (Fsp3) is 0.357. The van der Waals surface area contributed by atoms with Gasteiger partial charge < -0.3 is 5.73 Å². The van der Waals surface area contributed by atoms with E-state index in [0.29, 0.717) is 5.92 Å². The minimum Gasteiger partial charge on any atom is -0.321 e. The Balaban J connectivity index is 1.78. The van der Waals surface area contributed by atoms with Gasteiger partial charge in [0.15, 0.2) is 10.2 Å². The quantitative estimate of drug-likeness (QED) is 0.732. The molecule has 0 aliphatic rings. The molecule has 110 valence electrons. The molecule has 0 aliphatic heterocycles. The summed E-state index contributed by atoms with van der Waals surface area (Å²) in [6, 6.07) is 10.2. The highest BCUT2D eigenvalue weighted by Crippen LogP contribution is 2.29. The minimum absolute atomic E-state index is 0.144. The van der Waals surface area contributed by atoms with E-state index in [1.807, 2.05) is 18.2 Å². The molecule has 7 heteroatoms. The van der Waals surface area contributed by atoms with Crippen molar-refractivity contribution < 1.29 is 0 Å². The Bertz CT molecular complexity index is 719. The normalized spacial score (nSPS) is 13.1. The van der Waals surface area contributed by atoms with Crippen LogP contribution in [0.25, 0.3) is 4.96 Å². The largest absolute Gasteiger partial charge is 0.321 e. The van der Waals surface area contributed by atoms with Crippen LogP contribution in [0, 0.1) is 5.92 Å². The van der Waals surface area contributed by atoms with Crippen molar-refractivity contribution in [2.24, 2.45) is 11.7 Å². The van der Waals surface area contributed by atoms with E-state index >= 15 is 0 Å². The van der Waals surface area contributed by atoms with Gasteiger partial charge in [-0.15, -0.1) is 15.3 Å². The molecule has 0 amide bonds.